The number of rotatable bonds is 4. The van der Waals surface area contributed by atoms with Gasteiger partial charge < -0.3 is 15.0 Å². The fourth-order valence-corrected chi connectivity index (χ4v) is 1.58. The largest absolute Gasteiger partial charge is 0.377 e. The lowest BCUT2D eigenvalue weighted by Crippen LogP contribution is -2.41. The van der Waals surface area contributed by atoms with Gasteiger partial charge in [0, 0.05) is 31.1 Å². The standard InChI is InChI=1S/C13H20N2O3/c1-8-6-10(16)11(9(2)15-8)12(17)14-7-13(3,4)18-5/h6H,7H2,1-5H3,(H,14,17)(H,15,16). The van der Waals surface area contributed by atoms with Crippen LogP contribution in [0.25, 0.3) is 0 Å². The number of carbonyl (C=O) groups excluding carboxylic acids is 1. The molecule has 0 unspecified atom stereocenters. The molecule has 1 aromatic rings. The van der Waals surface area contributed by atoms with E-state index in [4.69, 9.17) is 4.74 Å². The molecule has 0 bridgehead atoms. The number of methoxy groups -OCH3 is 1. The fourth-order valence-electron chi connectivity index (χ4n) is 1.58. The minimum absolute atomic E-state index is 0.160. The van der Waals surface area contributed by atoms with E-state index in [1.807, 2.05) is 13.8 Å². The third kappa shape index (κ3) is 3.43. The van der Waals surface area contributed by atoms with Crippen molar-refractivity contribution in [1.29, 1.82) is 0 Å². The Bertz CT molecular complexity index is 503. The summed E-state index contributed by atoms with van der Waals surface area (Å²) >= 11 is 0. The van der Waals surface area contributed by atoms with E-state index in [0.29, 0.717) is 12.2 Å². The second-order valence-corrected chi connectivity index (χ2v) is 4.96. The highest BCUT2D eigenvalue weighted by Crippen LogP contribution is 2.06. The molecule has 5 nitrogen and oxygen atoms in total. The molecule has 0 atom stereocenters. The first-order chi connectivity index (χ1) is 8.26. The zero-order chi connectivity index (χ0) is 13.9. The normalized spacial score (nSPS) is 11.4. The summed E-state index contributed by atoms with van der Waals surface area (Å²) in [7, 11) is 1.58. The van der Waals surface area contributed by atoms with E-state index in [2.05, 4.69) is 10.3 Å². The summed E-state index contributed by atoms with van der Waals surface area (Å²) in [4.78, 5) is 26.7. The number of aromatic nitrogens is 1. The molecular weight excluding hydrogens is 232 g/mol. The van der Waals surface area contributed by atoms with Crippen LogP contribution in [0.2, 0.25) is 0 Å². The zero-order valence-corrected chi connectivity index (χ0v) is 11.5. The Kier molecular flexibility index (Phi) is 4.29. The summed E-state index contributed by atoms with van der Waals surface area (Å²) in [6, 6.07) is 1.42. The fraction of sp³-hybridized carbons (Fsp3) is 0.538. The first-order valence-electron chi connectivity index (χ1n) is 5.81. The molecule has 1 aromatic heterocycles. The van der Waals surface area contributed by atoms with Gasteiger partial charge in [-0.15, -0.1) is 0 Å². The molecule has 0 radical (unpaired) electrons. The maximum Gasteiger partial charge on any atom is 0.257 e. The Labute approximate surface area is 107 Å². The van der Waals surface area contributed by atoms with Crippen LogP contribution in [0.5, 0.6) is 0 Å². The molecule has 0 aromatic carbocycles. The molecule has 0 aliphatic carbocycles. The summed E-state index contributed by atoms with van der Waals surface area (Å²) in [5.41, 5.74) is 0.754. The zero-order valence-electron chi connectivity index (χ0n) is 11.5. The summed E-state index contributed by atoms with van der Waals surface area (Å²) in [6.45, 7) is 7.56. The van der Waals surface area contributed by atoms with Crippen LogP contribution < -0.4 is 10.7 Å². The molecule has 1 amide bonds. The van der Waals surface area contributed by atoms with Gasteiger partial charge in [-0.05, 0) is 27.7 Å². The van der Waals surface area contributed by atoms with Gasteiger partial charge in [-0.25, -0.2) is 0 Å². The number of nitrogens with one attached hydrogen (secondary N) is 2. The second-order valence-electron chi connectivity index (χ2n) is 4.96. The molecule has 0 aliphatic rings. The molecule has 0 aliphatic heterocycles. The molecule has 0 saturated heterocycles. The molecule has 1 rings (SSSR count). The van der Waals surface area contributed by atoms with Gasteiger partial charge in [0.05, 0.1) is 5.60 Å². The third-order valence-corrected chi connectivity index (χ3v) is 2.81. The highest BCUT2D eigenvalue weighted by Gasteiger charge is 2.20. The number of aryl methyl sites for hydroxylation is 2. The Morgan fingerprint density at radius 1 is 1.44 bits per heavy atom. The molecule has 1 heterocycles. The lowest BCUT2D eigenvalue weighted by molar-refractivity contribution is 0.0228. The van der Waals surface area contributed by atoms with E-state index in [1.54, 1.807) is 21.0 Å². The Balaban J connectivity index is 2.89. The quantitative estimate of drug-likeness (QED) is 0.844. The van der Waals surface area contributed by atoms with Crippen molar-refractivity contribution in [3.8, 4) is 0 Å². The average molecular weight is 252 g/mol. The number of hydrogen-bond donors (Lipinski definition) is 2. The monoisotopic (exact) mass is 252 g/mol. The van der Waals surface area contributed by atoms with Gasteiger partial charge in [0.2, 0.25) is 0 Å². The highest BCUT2D eigenvalue weighted by atomic mass is 16.5. The molecule has 0 spiro atoms. The van der Waals surface area contributed by atoms with Gasteiger partial charge in [-0.3, -0.25) is 9.59 Å². The summed E-state index contributed by atoms with van der Waals surface area (Å²) < 4.78 is 5.20. The SMILES string of the molecule is COC(C)(C)CNC(=O)c1c(C)[nH]c(C)cc1=O. The number of ether oxygens (including phenoxy) is 1. The van der Waals surface area contributed by atoms with Crippen molar-refractivity contribution in [3.05, 3.63) is 33.2 Å². The van der Waals surface area contributed by atoms with E-state index in [0.717, 1.165) is 5.69 Å². The van der Waals surface area contributed by atoms with Crippen LogP contribution in [0.1, 0.15) is 35.6 Å². The predicted molar refractivity (Wildman–Crippen MR) is 70.0 cm³/mol. The van der Waals surface area contributed by atoms with E-state index < -0.39 is 5.60 Å². The van der Waals surface area contributed by atoms with E-state index in [-0.39, 0.29) is 16.9 Å². The number of amides is 1. The summed E-state index contributed by atoms with van der Waals surface area (Å²) in [6.07, 6.45) is 0. The van der Waals surface area contributed by atoms with Crippen molar-refractivity contribution < 1.29 is 9.53 Å². The Morgan fingerprint density at radius 2 is 2.06 bits per heavy atom. The maximum atomic E-state index is 12.0. The van der Waals surface area contributed by atoms with E-state index in [9.17, 15) is 9.59 Å². The maximum absolute atomic E-state index is 12.0. The second kappa shape index (κ2) is 5.35. The summed E-state index contributed by atoms with van der Waals surface area (Å²) in [5.74, 6) is -0.376. The average Bonchev–Trinajstić information content (AvgIpc) is 2.25. The topological polar surface area (TPSA) is 71.2 Å². The van der Waals surface area contributed by atoms with Gasteiger partial charge in [-0.2, -0.15) is 0 Å². The van der Waals surface area contributed by atoms with E-state index >= 15 is 0 Å². The molecule has 100 valence electrons. The van der Waals surface area contributed by atoms with Gasteiger partial charge >= 0.3 is 0 Å². The van der Waals surface area contributed by atoms with Crippen molar-refractivity contribution in [2.45, 2.75) is 33.3 Å². The van der Waals surface area contributed by atoms with Crippen molar-refractivity contribution in [1.82, 2.24) is 10.3 Å². The minimum atomic E-state index is -0.457. The van der Waals surface area contributed by atoms with Gasteiger partial charge in [0.25, 0.3) is 5.91 Å². The number of H-pyrrole nitrogens is 1. The van der Waals surface area contributed by atoms with Gasteiger partial charge in [-0.1, -0.05) is 0 Å². The van der Waals surface area contributed by atoms with Crippen LogP contribution in [0, 0.1) is 13.8 Å². The van der Waals surface area contributed by atoms with Crippen molar-refractivity contribution in [2.24, 2.45) is 0 Å². The van der Waals surface area contributed by atoms with Crippen molar-refractivity contribution in [3.63, 3.8) is 0 Å². The first-order valence-corrected chi connectivity index (χ1v) is 5.81. The molecule has 0 fully saturated rings. The third-order valence-electron chi connectivity index (χ3n) is 2.81. The molecule has 0 saturated carbocycles. The molecular formula is C13H20N2O3. The lowest BCUT2D eigenvalue weighted by atomic mass is 10.1. The van der Waals surface area contributed by atoms with Gasteiger partial charge in [0.15, 0.2) is 5.43 Å². The van der Waals surface area contributed by atoms with Crippen LogP contribution in [0.15, 0.2) is 10.9 Å². The number of pyridine rings is 1. The van der Waals surface area contributed by atoms with Crippen LogP contribution >= 0.6 is 0 Å². The predicted octanol–water partition coefficient (Wildman–Crippen LogP) is 1.15. The van der Waals surface area contributed by atoms with Crippen LogP contribution in [0.4, 0.5) is 0 Å². The number of aromatic amines is 1. The molecule has 5 heteroatoms. The smallest absolute Gasteiger partial charge is 0.257 e. The Morgan fingerprint density at radius 3 is 2.56 bits per heavy atom. The molecule has 18 heavy (non-hydrogen) atoms. The van der Waals surface area contributed by atoms with Gasteiger partial charge in [0.1, 0.15) is 5.56 Å². The minimum Gasteiger partial charge on any atom is -0.377 e. The summed E-state index contributed by atoms with van der Waals surface area (Å²) in [5, 5.41) is 2.71. The van der Waals surface area contributed by atoms with Crippen molar-refractivity contribution >= 4 is 5.91 Å². The van der Waals surface area contributed by atoms with Crippen LogP contribution in [-0.2, 0) is 4.74 Å². The van der Waals surface area contributed by atoms with Crippen molar-refractivity contribution in [2.75, 3.05) is 13.7 Å². The number of hydrogen-bond acceptors (Lipinski definition) is 3. The van der Waals surface area contributed by atoms with Crippen LogP contribution in [-0.4, -0.2) is 30.1 Å². The first kappa shape index (κ1) is 14.4. The molecule has 2 N–H and O–H groups in total. The Hall–Kier alpha value is -1.62. The van der Waals surface area contributed by atoms with E-state index in [1.165, 1.54) is 6.07 Å². The lowest BCUT2D eigenvalue weighted by Gasteiger charge is -2.23. The number of carbonyl (C=O) groups is 1. The highest BCUT2D eigenvalue weighted by molar-refractivity contribution is 5.95. The van der Waals surface area contributed by atoms with Crippen LogP contribution in [0.3, 0.4) is 0 Å².